The van der Waals surface area contributed by atoms with Gasteiger partial charge < -0.3 is 5.32 Å². The number of halogens is 1. The lowest BCUT2D eigenvalue weighted by molar-refractivity contribution is -0.126. The van der Waals surface area contributed by atoms with Crippen LogP contribution in [0.5, 0.6) is 0 Å². The third-order valence-electron chi connectivity index (χ3n) is 5.68. The van der Waals surface area contributed by atoms with Crippen LogP contribution in [0.25, 0.3) is 0 Å². The molecule has 32 heavy (non-hydrogen) atoms. The van der Waals surface area contributed by atoms with Gasteiger partial charge in [0, 0.05) is 30.8 Å². The number of amides is 1. The Labute approximate surface area is 188 Å². The zero-order valence-corrected chi connectivity index (χ0v) is 19.6. The number of hydrogen-bond donors (Lipinski definition) is 1. The van der Waals surface area contributed by atoms with Crippen LogP contribution in [-0.2, 0) is 30.4 Å². The zero-order chi connectivity index (χ0) is 23.5. The second-order valence-corrected chi connectivity index (χ2v) is 12.1. The standard InChI is InChI=1S/C22H27FN2O5S2/c1-16(17-7-9-20(10-8-17)31(2,27)28)24-22(26)18-11-13-25(14-12-18)32(29,30)15-19-5-3-4-6-21(19)23/h3-10,16,18H,11-15H2,1-2H3,(H,24,26)/t16-/m0/s1. The Bertz CT molecular complexity index is 1170. The summed E-state index contributed by atoms with van der Waals surface area (Å²) in [6, 6.07) is 11.8. The number of benzene rings is 2. The van der Waals surface area contributed by atoms with E-state index in [1.165, 1.54) is 34.6 Å². The van der Waals surface area contributed by atoms with Crippen molar-refractivity contribution in [2.75, 3.05) is 19.3 Å². The first-order valence-electron chi connectivity index (χ1n) is 10.3. The first-order valence-corrected chi connectivity index (χ1v) is 13.8. The Balaban J connectivity index is 1.55. The maximum Gasteiger partial charge on any atom is 0.223 e. The summed E-state index contributed by atoms with van der Waals surface area (Å²) in [6.07, 6.45) is 1.89. The van der Waals surface area contributed by atoms with Crippen LogP contribution in [0.15, 0.2) is 53.4 Å². The van der Waals surface area contributed by atoms with Gasteiger partial charge in [0.2, 0.25) is 15.9 Å². The van der Waals surface area contributed by atoms with Crippen molar-refractivity contribution >= 4 is 25.8 Å². The molecular weight excluding hydrogens is 455 g/mol. The minimum atomic E-state index is -3.68. The molecule has 0 radical (unpaired) electrons. The highest BCUT2D eigenvalue weighted by molar-refractivity contribution is 7.90. The summed E-state index contributed by atoms with van der Waals surface area (Å²) < 4.78 is 63.6. The number of sulfonamides is 1. The fraction of sp³-hybridized carbons (Fsp3) is 0.409. The maximum absolute atomic E-state index is 13.8. The maximum atomic E-state index is 13.8. The van der Waals surface area contributed by atoms with E-state index in [-0.39, 0.29) is 41.4 Å². The highest BCUT2D eigenvalue weighted by Crippen LogP contribution is 2.24. The van der Waals surface area contributed by atoms with Gasteiger partial charge >= 0.3 is 0 Å². The molecule has 2 aromatic carbocycles. The van der Waals surface area contributed by atoms with Gasteiger partial charge in [-0.25, -0.2) is 25.5 Å². The number of nitrogens with one attached hydrogen (secondary N) is 1. The molecule has 0 bridgehead atoms. The molecule has 3 rings (SSSR count). The molecule has 1 fully saturated rings. The van der Waals surface area contributed by atoms with E-state index < -0.39 is 31.4 Å². The zero-order valence-electron chi connectivity index (χ0n) is 18.0. The Morgan fingerprint density at radius 3 is 2.22 bits per heavy atom. The molecule has 0 spiro atoms. The molecule has 174 valence electrons. The molecule has 1 aliphatic heterocycles. The minimum Gasteiger partial charge on any atom is -0.349 e. The van der Waals surface area contributed by atoms with Crippen molar-refractivity contribution in [3.05, 3.63) is 65.5 Å². The molecule has 1 heterocycles. The number of carbonyl (C=O) groups is 1. The van der Waals surface area contributed by atoms with E-state index in [1.807, 2.05) is 0 Å². The van der Waals surface area contributed by atoms with Gasteiger partial charge in [-0.3, -0.25) is 4.79 Å². The summed E-state index contributed by atoms with van der Waals surface area (Å²) in [7, 11) is -6.96. The molecule has 1 aliphatic rings. The average molecular weight is 483 g/mol. The Morgan fingerprint density at radius 1 is 1.06 bits per heavy atom. The minimum absolute atomic E-state index is 0.128. The predicted octanol–water partition coefficient (Wildman–Crippen LogP) is 2.65. The lowest BCUT2D eigenvalue weighted by Crippen LogP contribution is -2.43. The molecule has 10 heteroatoms. The number of nitrogens with zero attached hydrogens (tertiary/aromatic N) is 1. The number of rotatable bonds is 7. The summed E-state index contributed by atoms with van der Waals surface area (Å²) >= 11 is 0. The third-order valence-corrected chi connectivity index (χ3v) is 8.64. The van der Waals surface area contributed by atoms with Gasteiger partial charge in [0.25, 0.3) is 0 Å². The second kappa shape index (κ2) is 9.68. The van der Waals surface area contributed by atoms with Crippen LogP contribution in [-0.4, -0.2) is 46.4 Å². The first kappa shape index (κ1) is 24.3. The Hall–Kier alpha value is -2.30. The van der Waals surface area contributed by atoms with E-state index in [0.29, 0.717) is 12.8 Å². The Morgan fingerprint density at radius 2 is 1.66 bits per heavy atom. The SMILES string of the molecule is C[C@H](NC(=O)C1CCN(S(=O)(=O)Cc2ccccc2F)CC1)c1ccc(S(C)(=O)=O)cc1. The fourth-order valence-electron chi connectivity index (χ4n) is 3.72. The van der Waals surface area contributed by atoms with Crippen molar-refractivity contribution in [1.29, 1.82) is 0 Å². The molecule has 0 unspecified atom stereocenters. The van der Waals surface area contributed by atoms with Gasteiger partial charge in [0.1, 0.15) is 5.82 Å². The van der Waals surface area contributed by atoms with E-state index in [1.54, 1.807) is 25.1 Å². The number of hydrogen-bond acceptors (Lipinski definition) is 5. The number of sulfone groups is 1. The van der Waals surface area contributed by atoms with Crippen molar-refractivity contribution in [3.63, 3.8) is 0 Å². The van der Waals surface area contributed by atoms with Crippen molar-refractivity contribution < 1.29 is 26.0 Å². The van der Waals surface area contributed by atoms with Crippen LogP contribution >= 0.6 is 0 Å². The van der Waals surface area contributed by atoms with E-state index in [4.69, 9.17) is 0 Å². The van der Waals surface area contributed by atoms with Crippen LogP contribution in [0.3, 0.4) is 0 Å². The topological polar surface area (TPSA) is 101 Å². The summed E-state index contributed by atoms with van der Waals surface area (Å²) in [5, 5.41) is 2.92. The lowest BCUT2D eigenvalue weighted by Gasteiger charge is -2.31. The quantitative estimate of drug-likeness (QED) is 0.654. The molecule has 7 nitrogen and oxygen atoms in total. The number of carbonyl (C=O) groups excluding carboxylic acids is 1. The van der Waals surface area contributed by atoms with Gasteiger partial charge in [0.05, 0.1) is 16.7 Å². The molecular formula is C22H27FN2O5S2. The van der Waals surface area contributed by atoms with Crippen LogP contribution in [0, 0.1) is 11.7 Å². The van der Waals surface area contributed by atoms with Crippen molar-refractivity contribution in [2.24, 2.45) is 5.92 Å². The van der Waals surface area contributed by atoms with Gasteiger partial charge in [-0.1, -0.05) is 30.3 Å². The van der Waals surface area contributed by atoms with Crippen LogP contribution in [0.2, 0.25) is 0 Å². The highest BCUT2D eigenvalue weighted by atomic mass is 32.2. The molecule has 0 aromatic heterocycles. The first-order chi connectivity index (χ1) is 15.0. The van der Waals surface area contributed by atoms with Gasteiger partial charge in [-0.2, -0.15) is 0 Å². The third kappa shape index (κ3) is 5.93. The van der Waals surface area contributed by atoms with Gasteiger partial charge in [-0.05, 0) is 43.5 Å². The second-order valence-electron chi connectivity index (χ2n) is 8.09. The molecule has 1 saturated heterocycles. The number of piperidine rings is 1. The molecule has 0 aliphatic carbocycles. The molecule has 1 amide bonds. The summed E-state index contributed by atoms with van der Waals surface area (Å²) in [5.41, 5.74) is 0.902. The van der Waals surface area contributed by atoms with E-state index >= 15 is 0 Å². The van der Waals surface area contributed by atoms with E-state index in [0.717, 1.165) is 11.8 Å². The van der Waals surface area contributed by atoms with Crippen molar-refractivity contribution in [2.45, 2.75) is 36.5 Å². The van der Waals surface area contributed by atoms with Crippen molar-refractivity contribution in [3.8, 4) is 0 Å². The largest absolute Gasteiger partial charge is 0.349 e. The van der Waals surface area contributed by atoms with Crippen LogP contribution in [0.4, 0.5) is 4.39 Å². The van der Waals surface area contributed by atoms with Gasteiger partial charge in [-0.15, -0.1) is 0 Å². The fourth-order valence-corrected chi connectivity index (χ4v) is 5.93. The summed E-state index contributed by atoms with van der Waals surface area (Å²) in [5.74, 6) is -1.45. The van der Waals surface area contributed by atoms with E-state index in [9.17, 15) is 26.0 Å². The monoisotopic (exact) mass is 482 g/mol. The van der Waals surface area contributed by atoms with E-state index in [2.05, 4.69) is 5.32 Å². The van der Waals surface area contributed by atoms with Crippen LogP contribution in [0.1, 0.15) is 36.9 Å². The Kier molecular flexibility index (Phi) is 7.36. The molecule has 0 saturated carbocycles. The predicted molar refractivity (Wildman–Crippen MR) is 119 cm³/mol. The molecule has 1 atom stereocenters. The lowest BCUT2D eigenvalue weighted by atomic mass is 9.96. The summed E-state index contributed by atoms with van der Waals surface area (Å²) in [6.45, 7) is 2.21. The van der Waals surface area contributed by atoms with Crippen molar-refractivity contribution in [1.82, 2.24) is 9.62 Å². The average Bonchev–Trinajstić information content (AvgIpc) is 2.75. The normalized spacial score (nSPS) is 17.1. The smallest absolute Gasteiger partial charge is 0.223 e. The highest BCUT2D eigenvalue weighted by Gasteiger charge is 2.32. The van der Waals surface area contributed by atoms with Gasteiger partial charge in [0.15, 0.2) is 9.84 Å². The summed E-state index contributed by atoms with van der Waals surface area (Å²) in [4.78, 5) is 12.9. The van der Waals surface area contributed by atoms with Crippen LogP contribution < -0.4 is 5.32 Å². The molecule has 2 aromatic rings. The molecule has 1 N–H and O–H groups in total.